The number of fused-ring (bicyclic) bond motifs is 1. The first kappa shape index (κ1) is 19.7. The van der Waals surface area contributed by atoms with Gasteiger partial charge in [-0.25, -0.2) is 4.98 Å². The minimum Gasteiger partial charge on any atom is -0.487 e. The van der Waals surface area contributed by atoms with Crippen LogP contribution in [-0.2, 0) is 13.2 Å². The molecule has 144 valence electrons. The highest BCUT2D eigenvalue weighted by atomic mass is 35.5. The van der Waals surface area contributed by atoms with E-state index in [0.29, 0.717) is 12.6 Å². The summed E-state index contributed by atoms with van der Waals surface area (Å²) in [6, 6.07) is 13.1. The zero-order chi connectivity index (χ0) is 17.9. The molecule has 0 aliphatic carbocycles. The first-order valence-corrected chi connectivity index (χ1v) is 9.28. The van der Waals surface area contributed by atoms with Crippen LogP contribution in [0.2, 0.25) is 0 Å². The maximum absolute atomic E-state index is 5.92. The molecule has 1 fully saturated rings. The first-order valence-electron chi connectivity index (χ1n) is 9.28. The van der Waals surface area contributed by atoms with E-state index in [0.717, 1.165) is 43.3 Å². The lowest BCUT2D eigenvalue weighted by Crippen LogP contribution is -2.48. The number of nitrogens with zero attached hydrogens (tertiary/aromatic N) is 3. The molecule has 1 N–H and O–H groups in total. The Hall–Kier alpha value is -2.08. The fourth-order valence-corrected chi connectivity index (χ4v) is 3.54. The van der Waals surface area contributed by atoms with E-state index in [-0.39, 0.29) is 12.4 Å². The number of ether oxygens (including phenoxy) is 1. The van der Waals surface area contributed by atoms with Crippen LogP contribution in [0, 0.1) is 6.92 Å². The minimum absolute atomic E-state index is 0. The molecule has 1 aliphatic heterocycles. The molecule has 5 nitrogen and oxygen atoms in total. The highest BCUT2D eigenvalue weighted by Gasteiger charge is 2.15. The highest BCUT2D eigenvalue weighted by molar-refractivity contribution is 5.85. The number of hydrogen-bond acceptors (Lipinski definition) is 4. The van der Waals surface area contributed by atoms with Crippen LogP contribution < -0.4 is 10.1 Å². The van der Waals surface area contributed by atoms with Gasteiger partial charge in [0.05, 0.1) is 5.69 Å². The molecule has 0 saturated carbocycles. The van der Waals surface area contributed by atoms with Gasteiger partial charge in [0.1, 0.15) is 18.0 Å². The number of imidazole rings is 1. The van der Waals surface area contributed by atoms with Crippen molar-refractivity contribution in [3.63, 3.8) is 0 Å². The Morgan fingerprint density at radius 3 is 2.78 bits per heavy atom. The third-order valence-electron chi connectivity index (χ3n) is 4.90. The Balaban J connectivity index is 0.00000210. The van der Waals surface area contributed by atoms with E-state index in [9.17, 15) is 0 Å². The Bertz CT molecular complexity index is 878. The lowest BCUT2D eigenvalue weighted by molar-refractivity contribution is 0.199. The average Bonchev–Trinajstić information content (AvgIpc) is 3.06. The van der Waals surface area contributed by atoms with E-state index in [1.54, 1.807) is 0 Å². The fraction of sp³-hybridized carbons (Fsp3) is 0.381. The van der Waals surface area contributed by atoms with Gasteiger partial charge in [-0.05, 0) is 43.2 Å². The molecule has 0 spiro atoms. The molecule has 0 unspecified atom stereocenters. The summed E-state index contributed by atoms with van der Waals surface area (Å²) < 4.78 is 7.97. The largest absolute Gasteiger partial charge is 0.487 e. The highest BCUT2D eigenvalue weighted by Crippen LogP contribution is 2.17. The van der Waals surface area contributed by atoms with Crippen molar-refractivity contribution in [1.29, 1.82) is 0 Å². The van der Waals surface area contributed by atoms with Crippen molar-refractivity contribution < 1.29 is 4.74 Å². The van der Waals surface area contributed by atoms with Crippen molar-refractivity contribution in [2.75, 3.05) is 19.6 Å². The van der Waals surface area contributed by atoms with Crippen LogP contribution in [0.25, 0.3) is 5.65 Å². The van der Waals surface area contributed by atoms with E-state index in [1.807, 2.05) is 22.9 Å². The Labute approximate surface area is 166 Å². The van der Waals surface area contributed by atoms with Gasteiger partial charge in [0, 0.05) is 44.6 Å². The molecule has 1 saturated heterocycles. The standard InChI is InChI=1S/C21H26N4O.ClH/c1-16-4-3-10-25-14-19(23-21(16)25)15-26-20-7-5-18(6-8-20)13-24-11-9-22-17(2)12-24;/h3-8,10,14,17,22H,9,11-13,15H2,1-2H3;1H/t17-;/m1./s1. The fourth-order valence-electron chi connectivity index (χ4n) is 3.54. The number of benzene rings is 1. The zero-order valence-corrected chi connectivity index (χ0v) is 16.7. The molecule has 1 aliphatic rings. The Kier molecular flexibility index (Phi) is 6.37. The molecule has 1 aromatic carbocycles. The van der Waals surface area contributed by atoms with Crippen molar-refractivity contribution >= 4 is 18.1 Å². The number of pyridine rings is 1. The number of aromatic nitrogens is 2. The van der Waals surface area contributed by atoms with Crippen molar-refractivity contribution in [2.24, 2.45) is 0 Å². The summed E-state index contributed by atoms with van der Waals surface area (Å²) in [6.07, 6.45) is 4.05. The molecule has 6 heteroatoms. The Morgan fingerprint density at radius 2 is 2.04 bits per heavy atom. The van der Waals surface area contributed by atoms with Gasteiger partial charge in [0.2, 0.25) is 0 Å². The molecule has 2 aromatic heterocycles. The molecule has 0 amide bonds. The third kappa shape index (κ3) is 4.80. The first-order chi connectivity index (χ1) is 12.7. The summed E-state index contributed by atoms with van der Waals surface area (Å²) in [6.45, 7) is 9.07. The van der Waals surface area contributed by atoms with E-state index in [2.05, 4.69) is 59.4 Å². The zero-order valence-electron chi connectivity index (χ0n) is 15.9. The van der Waals surface area contributed by atoms with Crippen LogP contribution in [0.4, 0.5) is 0 Å². The number of piperazine rings is 1. The lowest BCUT2D eigenvalue weighted by atomic mass is 10.1. The molecule has 4 rings (SSSR count). The molecule has 3 heterocycles. The third-order valence-corrected chi connectivity index (χ3v) is 4.90. The second-order valence-electron chi connectivity index (χ2n) is 7.18. The van der Waals surface area contributed by atoms with Gasteiger partial charge >= 0.3 is 0 Å². The van der Waals surface area contributed by atoms with E-state index in [1.165, 1.54) is 11.1 Å². The van der Waals surface area contributed by atoms with Crippen molar-refractivity contribution in [3.8, 4) is 5.75 Å². The van der Waals surface area contributed by atoms with Gasteiger partial charge in [-0.2, -0.15) is 0 Å². The van der Waals surface area contributed by atoms with Crippen LogP contribution in [0.1, 0.15) is 23.7 Å². The summed E-state index contributed by atoms with van der Waals surface area (Å²) >= 11 is 0. The number of nitrogens with one attached hydrogen (secondary N) is 1. The number of rotatable bonds is 5. The monoisotopic (exact) mass is 386 g/mol. The van der Waals surface area contributed by atoms with Crippen LogP contribution >= 0.6 is 12.4 Å². The maximum Gasteiger partial charge on any atom is 0.140 e. The van der Waals surface area contributed by atoms with Crippen molar-refractivity contribution in [1.82, 2.24) is 19.6 Å². The predicted molar refractivity (Wildman–Crippen MR) is 111 cm³/mol. The summed E-state index contributed by atoms with van der Waals surface area (Å²) in [5.74, 6) is 0.885. The van der Waals surface area contributed by atoms with Crippen molar-refractivity contribution in [3.05, 3.63) is 65.6 Å². The normalized spacial score (nSPS) is 17.6. The number of halogens is 1. The molecular formula is C21H27ClN4O. The minimum atomic E-state index is 0. The summed E-state index contributed by atoms with van der Waals surface area (Å²) in [4.78, 5) is 7.15. The SMILES string of the molecule is Cc1cccn2cc(COc3ccc(CN4CCN[C@H](C)C4)cc3)nc12.Cl. The summed E-state index contributed by atoms with van der Waals surface area (Å²) in [5, 5.41) is 3.48. The predicted octanol–water partition coefficient (Wildman–Crippen LogP) is 3.44. The van der Waals surface area contributed by atoms with Gasteiger partial charge in [0.15, 0.2) is 0 Å². The summed E-state index contributed by atoms with van der Waals surface area (Å²) in [5.41, 5.74) is 4.44. The van der Waals surface area contributed by atoms with E-state index < -0.39 is 0 Å². The molecule has 27 heavy (non-hydrogen) atoms. The topological polar surface area (TPSA) is 41.8 Å². The molecule has 0 bridgehead atoms. The number of aryl methyl sites for hydroxylation is 1. The van der Waals surface area contributed by atoms with Crippen LogP contribution in [0.3, 0.4) is 0 Å². The van der Waals surface area contributed by atoms with Crippen molar-refractivity contribution in [2.45, 2.75) is 33.0 Å². The van der Waals surface area contributed by atoms with Gasteiger partial charge in [-0.3, -0.25) is 4.90 Å². The van der Waals surface area contributed by atoms with Crippen LogP contribution in [0.5, 0.6) is 5.75 Å². The Morgan fingerprint density at radius 1 is 1.22 bits per heavy atom. The van der Waals surface area contributed by atoms with Gasteiger partial charge in [-0.15, -0.1) is 12.4 Å². The molecule has 0 radical (unpaired) electrons. The van der Waals surface area contributed by atoms with E-state index >= 15 is 0 Å². The number of hydrogen-bond donors (Lipinski definition) is 1. The maximum atomic E-state index is 5.92. The second-order valence-corrected chi connectivity index (χ2v) is 7.18. The van der Waals surface area contributed by atoms with Crippen LogP contribution in [-0.4, -0.2) is 40.0 Å². The molecular weight excluding hydrogens is 360 g/mol. The quantitative estimate of drug-likeness (QED) is 0.729. The van der Waals surface area contributed by atoms with Gasteiger partial charge < -0.3 is 14.5 Å². The van der Waals surface area contributed by atoms with Gasteiger partial charge in [-0.1, -0.05) is 18.2 Å². The molecule has 1 atom stereocenters. The van der Waals surface area contributed by atoms with Crippen LogP contribution in [0.15, 0.2) is 48.8 Å². The second kappa shape index (κ2) is 8.74. The van der Waals surface area contributed by atoms with Gasteiger partial charge in [0.25, 0.3) is 0 Å². The smallest absolute Gasteiger partial charge is 0.140 e. The average molecular weight is 387 g/mol. The lowest BCUT2D eigenvalue weighted by Gasteiger charge is -2.31. The molecule has 3 aromatic rings. The summed E-state index contributed by atoms with van der Waals surface area (Å²) in [7, 11) is 0. The van der Waals surface area contributed by atoms with E-state index in [4.69, 9.17) is 4.74 Å².